The first-order valence-corrected chi connectivity index (χ1v) is 11.1. The van der Waals surface area contributed by atoms with Crippen LogP contribution in [0.5, 0.6) is 11.5 Å². The van der Waals surface area contributed by atoms with Gasteiger partial charge in [-0.15, -0.1) is 11.3 Å². The van der Waals surface area contributed by atoms with Gasteiger partial charge in [-0.1, -0.05) is 17.3 Å². The molecule has 0 radical (unpaired) electrons. The maximum Gasteiger partial charge on any atom is 0.358 e. The van der Waals surface area contributed by atoms with Crippen LogP contribution in [-0.2, 0) is 29.2 Å². The molecule has 0 atom stereocenters. The Hall–Kier alpha value is -4.32. The van der Waals surface area contributed by atoms with Crippen LogP contribution in [0.25, 0.3) is 0 Å². The van der Waals surface area contributed by atoms with Crippen LogP contribution in [0.2, 0.25) is 0 Å². The number of thiazole rings is 1. The molecule has 1 N–H and O–H groups in total. The summed E-state index contributed by atoms with van der Waals surface area (Å²) in [6, 6.07) is 12.6. The molecule has 0 saturated carbocycles. The third kappa shape index (κ3) is 6.60. The van der Waals surface area contributed by atoms with Crippen molar-refractivity contribution < 1.29 is 32.7 Å². The second kappa shape index (κ2) is 11.2. The van der Waals surface area contributed by atoms with Crippen LogP contribution in [0.4, 0.5) is 10.1 Å². The van der Waals surface area contributed by atoms with Crippen molar-refractivity contribution in [2.45, 2.75) is 19.6 Å². The Morgan fingerprint density at radius 2 is 1.89 bits per heavy atom. The van der Waals surface area contributed by atoms with Gasteiger partial charge in [-0.3, -0.25) is 4.79 Å². The maximum absolute atomic E-state index is 12.9. The highest BCUT2D eigenvalue weighted by molar-refractivity contribution is 7.09. The molecular formula is C23H19FN4O6S. The normalized spacial score (nSPS) is 10.6. The molecule has 2 aromatic carbocycles. The van der Waals surface area contributed by atoms with Crippen LogP contribution < -0.4 is 14.8 Å². The highest BCUT2D eigenvalue weighted by atomic mass is 32.1. The summed E-state index contributed by atoms with van der Waals surface area (Å²) in [5, 5.41) is 8.52. The number of halogens is 1. The van der Waals surface area contributed by atoms with E-state index < -0.39 is 5.97 Å². The molecule has 0 aliphatic carbocycles. The lowest BCUT2D eigenvalue weighted by molar-refractivity contribution is -0.115. The van der Waals surface area contributed by atoms with Gasteiger partial charge in [0.25, 0.3) is 5.89 Å². The minimum Gasteiger partial charge on any atom is -0.495 e. The summed E-state index contributed by atoms with van der Waals surface area (Å²) in [6.45, 7) is -0.160. The Bertz CT molecular complexity index is 1310. The first-order chi connectivity index (χ1) is 17.0. The van der Waals surface area contributed by atoms with Crippen LogP contribution >= 0.6 is 11.3 Å². The number of nitrogens with one attached hydrogen (secondary N) is 1. The Morgan fingerprint density at radius 1 is 1.09 bits per heavy atom. The van der Waals surface area contributed by atoms with Gasteiger partial charge in [0.2, 0.25) is 5.91 Å². The summed E-state index contributed by atoms with van der Waals surface area (Å²) in [6.07, 6.45) is -0.140. The molecule has 35 heavy (non-hydrogen) atoms. The zero-order valence-electron chi connectivity index (χ0n) is 18.4. The van der Waals surface area contributed by atoms with Gasteiger partial charge >= 0.3 is 5.97 Å². The number of benzene rings is 2. The van der Waals surface area contributed by atoms with Gasteiger partial charge in [0.15, 0.2) is 18.1 Å². The van der Waals surface area contributed by atoms with Crippen molar-refractivity contribution >= 4 is 28.9 Å². The molecular weight excluding hydrogens is 479 g/mol. The molecule has 0 aliphatic heterocycles. The minimum absolute atomic E-state index is 0.0357. The molecule has 180 valence electrons. The van der Waals surface area contributed by atoms with E-state index in [-0.39, 0.29) is 48.8 Å². The van der Waals surface area contributed by atoms with E-state index >= 15 is 0 Å². The van der Waals surface area contributed by atoms with Gasteiger partial charge in [0, 0.05) is 5.38 Å². The molecule has 0 aliphatic rings. The van der Waals surface area contributed by atoms with E-state index in [1.807, 2.05) is 0 Å². The number of anilines is 1. The molecule has 12 heteroatoms. The number of carbonyl (C=O) groups excluding carboxylic acids is 2. The third-order valence-corrected chi connectivity index (χ3v) is 5.30. The van der Waals surface area contributed by atoms with Gasteiger partial charge in [-0.05, 0) is 36.4 Å². The van der Waals surface area contributed by atoms with Crippen molar-refractivity contribution in [2.75, 3.05) is 12.4 Å². The number of nitrogens with zero attached hydrogens (tertiary/aromatic N) is 3. The lowest BCUT2D eigenvalue weighted by atomic mass is 10.2. The van der Waals surface area contributed by atoms with E-state index in [0.29, 0.717) is 22.2 Å². The number of ether oxygens (including phenoxy) is 3. The molecule has 10 nitrogen and oxygen atoms in total. The summed E-state index contributed by atoms with van der Waals surface area (Å²) in [7, 11) is 1.51. The summed E-state index contributed by atoms with van der Waals surface area (Å²) in [5.41, 5.74) is 0.618. The number of para-hydroxylation sites is 2. The van der Waals surface area contributed by atoms with Gasteiger partial charge in [-0.25, -0.2) is 14.2 Å². The lowest BCUT2D eigenvalue weighted by Gasteiger charge is -2.08. The Morgan fingerprint density at radius 3 is 2.69 bits per heavy atom. The number of methoxy groups -OCH3 is 1. The zero-order chi connectivity index (χ0) is 24.6. The molecule has 0 saturated heterocycles. The topological polar surface area (TPSA) is 126 Å². The second-order valence-corrected chi connectivity index (χ2v) is 7.92. The smallest absolute Gasteiger partial charge is 0.358 e. The van der Waals surface area contributed by atoms with Crippen molar-refractivity contribution in [3.8, 4) is 11.5 Å². The van der Waals surface area contributed by atoms with Crippen molar-refractivity contribution in [3.63, 3.8) is 0 Å². The van der Waals surface area contributed by atoms with Crippen LogP contribution in [0, 0.1) is 5.82 Å². The number of aromatic nitrogens is 3. The largest absolute Gasteiger partial charge is 0.495 e. The zero-order valence-corrected chi connectivity index (χ0v) is 19.2. The van der Waals surface area contributed by atoms with E-state index in [2.05, 4.69) is 20.4 Å². The van der Waals surface area contributed by atoms with Crippen LogP contribution in [0.1, 0.15) is 27.2 Å². The molecule has 2 heterocycles. The summed E-state index contributed by atoms with van der Waals surface area (Å²) >= 11 is 1.22. The SMILES string of the molecule is COc1ccccc1NC(=O)Cc1noc(COC(=O)c2csc(COc3ccc(F)cc3)n2)n1. The lowest BCUT2D eigenvalue weighted by Crippen LogP contribution is -2.15. The Labute approximate surface area is 202 Å². The monoisotopic (exact) mass is 498 g/mol. The molecule has 4 aromatic rings. The molecule has 0 unspecified atom stereocenters. The van der Waals surface area contributed by atoms with Crippen LogP contribution in [0.15, 0.2) is 58.4 Å². The third-order valence-electron chi connectivity index (χ3n) is 4.47. The number of amides is 1. The Balaban J connectivity index is 1.24. The Kier molecular flexibility index (Phi) is 7.63. The van der Waals surface area contributed by atoms with E-state index in [0.717, 1.165) is 0 Å². The second-order valence-electron chi connectivity index (χ2n) is 6.97. The number of esters is 1. The standard InChI is InChI=1S/C23H19FN4O6S/c1-31-18-5-3-2-4-16(18)25-20(29)10-19-27-21(34-28-19)11-33-23(30)17-13-35-22(26-17)12-32-15-8-6-14(24)7-9-15/h2-9,13H,10-12H2,1H3,(H,25,29). The highest BCUT2D eigenvalue weighted by Gasteiger charge is 2.17. The van der Waals surface area contributed by atoms with E-state index in [1.165, 1.54) is 48.1 Å². The van der Waals surface area contributed by atoms with E-state index in [1.54, 1.807) is 24.3 Å². The molecule has 0 spiro atoms. The number of hydrogen-bond acceptors (Lipinski definition) is 10. The summed E-state index contributed by atoms with van der Waals surface area (Å²) in [4.78, 5) is 32.8. The highest BCUT2D eigenvalue weighted by Crippen LogP contribution is 2.23. The summed E-state index contributed by atoms with van der Waals surface area (Å²) < 4.78 is 33.8. The molecule has 0 fully saturated rings. The number of rotatable bonds is 10. The van der Waals surface area contributed by atoms with E-state index in [4.69, 9.17) is 18.7 Å². The predicted octanol–water partition coefficient (Wildman–Crippen LogP) is 3.79. The fourth-order valence-electron chi connectivity index (χ4n) is 2.85. The molecule has 2 aromatic heterocycles. The average molecular weight is 498 g/mol. The van der Waals surface area contributed by atoms with Crippen molar-refractivity contribution in [2.24, 2.45) is 0 Å². The van der Waals surface area contributed by atoms with E-state index in [9.17, 15) is 14.0 Å². The quantitative estimate of drug-likeness (QED) is 0.325. The predicted molar refractivity (Wildman–Crippen MR) is 122 cm³/mol. The minimum atomic E-state index is -0.678. The fourth-order valence-corrected chi connectivity index (χ4v) is 3.53. The van der Waals surface area contributed by atoms with Crippen molar-refractivity contribution in [1.29, 1.82) is 0 Å². The number of hydrogen-bond donors (Lipinski definition) is 1. The maximum atomic E-state index is 12.9. The summed E-state index contributed by atoms with van der Waals surface area (Å²) in [5.74, 6) is -0.227. The first kappa shape index (κ1) is 23.8. The number of carbonyl (C=O) groups is 2. The van der Waals surface area contributed by atoms with Crippen LogP contribution in [0.3, 0.4) is 0 Å². The first-order valence-electron chi connectivity index (χ1n) is 10.2. The average Bonchev–Trinajstić information content (AvgIpc) is 3.52. The van der Waals surface area contributed by atoms with Crippen molar-refractivity contribution in [1.82, 2.24) is 15.1 Å². The fraction of sp³-hybridized carbons (Fsp3) is 0.174. The van der Waals surface area contributed by atoms with Crippen molar-refractivity contribution in [3.05, 3.63) is 82.1 Å². The van der Waals surface area contributed by atoms with Gasteiger partial charge < -0.3 is 24.1 Å². The molecule has 4 rings (SSSR count). The van der Waals surface area contributed by atoms with Crippen LogP contribution in [-0.4, -0.2) is 34.1 Å². The van der Waals surface area contributed by atoms with Gasteiger partial charge in [-0.2, -0.15) is 4.98 Å². The van der Waals surface area contributed by atoms with Gasteiger partial charge in [0.1, 0.15) is 28.9 Å². The van der Waals surface area contributed by atoms with Gasteiger partial charge in [0.05, 0.1) is 19.2 Å². The molecule has 1 amide bonds. The molecule has 0 bridgehead atoms.